The molecule has 3 nitrogen and oxygen atoms in total. The summed E-state index contributed by atoms with van der Waals surface area (Å²) in [6.07, 6.45) is 7.05. The lowest BCUT2D eigenvalue weighted by Crippen LogP contribution is -2.58. The molecule has 5 atom stereocenters. The summed E-state index contributed by atoms with van der Waals surface area (Å²) in [6.45, 7) is 8.90. The first kappa shape index (κ1) is 13.8. The smallest absolute Gasteiger partial charge is 0.0125 e. The van der Waals surface area contributed by atoms with Crippen molar-refractivity contribution in [3.05, 3.63) is 0 Å². The Hall–Kier alpha value is -0.120. The highest BCUT2D eigenvalue weighted by atomic mass is 15.3. The third-order valence-electron chi connectivity index (χ3n) is 6.25. The number of hydrogen-bond acceptors (Lipinski definition) is 3. The lowest BCUT2D eigenvalue weighted by atomic mass is 9.84. The minimum absolute atomic E-state index is 0.720. The quantitative estimate of drug-likeness (QED) is 0.823. The lowest BCUT2D eigenvalue weighted by molar-refractivity contribution is 0.0108. The summed E-state index contributed by atoms with van der Waals surface area (Å²) in [7, 11) is 2.13. The first-order valence-corrected chi connectivity index (χ1v) is 8.37. The maximum Gasteiger partial charge on any atom is 0.0125 e. The highest BCUT2D eigenvalue weighted by molar-refractivity contribution is 4.96. The number of fused-ring (bicyclic) bond motifs is 1. The van der Waals surface area contributed by atoms with Gasteiger partial charge >= 0.3 is 0 Å². The van der Waals surface area contributed by atoms with Gasteiger partial charge in [0.25, 0.3) is 0 Å². The van der Waals surface area contributed by atoms with E-state index in [-0.39, 0.29) is 0 Å². The van der Waals surface area contributed by atoms with Gasteiger partial charge in [0.15, 0.2) is 0 Å². The maximum atomic E-state index is 3.51. The van der Waals surface area contributed by atoms with Crippen LogP contribution in [0.4, 0.5) is 0 Å². The third-order valence-corrected chi connectivity index (χ3v) is 6.25. The molecular formula is C16H31N3. The molecule has 3 aliphatic heterocycles. The molecule has 3 heteroatoms. The SMILES string of the molecule is CNC1CCN(C2CCN3CCCC3C2)C(C)C1C. The van der Waals surface area contributed by atoms with E-state index in [2.05, 4.69) is 36.0 Å². The van der Waals surface area contributed by atoms with Gasteiger partial charge < -0.3 is 10.2 Å². The molecule has 1 N–H and O–H groups in total. The summed E-state index contributed by atoms with van der Waals surface area (Å²) in [5.74, 6) is 0.778. The van der Waals surface area contributed by atoms with Gasteiger partial charge in [-0.25, -0.2) is 0 Å². The van der Waals surface area contributed by atoms with E-state index in [1.165, 1.54) is 51.7 Å². The fourth-order valence-corrected chi connectivity index (χ4v) is 4.82. The van der Waals surface area contributed by atoms with Crippen LogP contribution in [-0.2, 0) is 0 Å². The molecule has 0 aliphatic carbocycles. The maximum absolute atomic E-state index is 3.51. The van der Waals surface area contributed by atoms with E-state index < -0.39 is 0 Å². The molecule has 3 saturated heterocycles. The standard InChI is InChI=1S/C16H31N3/c1-12-13(2)19(10-7-16(12)17-3)15-6-9-18-8-4-5-14(18)11-15/h12-17H,4-11H2,1-3H3. The number of piperidine rings is 2. The Balaban J connectivity index is 1.63. The molecule has 3 aliphatic rings. The molecule has 0 radical (unpaired) electrons. The molecule has 0 bridgehead atoms. The van der Waals surface area contributed by atoms with Crippen LogP contribution < -0.4 is 5.32 Å². The van der Waals surface area contributed by atoms with Gasteiger partial charge in [0.1, 0.15) is 0 Å². The molecular weight excluding hydrogens is 234 g/mol. The molecule has 3 fully saturated rings. The molecule has 0 aromatic rings. The average molecular weight is 265 g/mol. The first-order chi connectivity index (χ1) is 9.20. The van der Waals surface area contributed by atoms with Gasteiger partial charge in [0, 0.05) is 30.7 Å². The fourth-order valence-electron chi connectivity index (χ4n) is 4.82. The number of likely N-dealkylation sites (tertiary alicyclic amines) is 1. The number of nitrogens with one attached hydrogen (secondary N) is 1. The second kappa shape index (κ2) is 5.71. The summed E-state index contributed by atoms with van der Waals surface area (Å²) in [5.41, 5.74) is 0. The van der Waals surface area contributed by atoms with Crippen LogP contribution in [0.2, 0.25) is 0 Å². The van der Waals surface area contributed by atoms with Crippen LogP contribution in [0.3, 0.4) is 0 Å². The zero-order valence-electron chi connectivity index (χ0n) is 12.9. The Labute approximate surface area is 118 Å². The van der Waals surface area contributed by atoms with E-state index in [4.69, 9.17) is 0 Å². The summed E-state index contributed by atoms with van der Waals surface area (Å²) >= 11 is 0. The van der Waals surface area contributed by atoms with Crippen LogP contribution in [0.1, 0.15) is 46.0 Å². The van der Waals surface area contributed by atoms with Crippen molar-refractivity contribution in [2.75, 3.05) is 26.7 Å². The van der Waals surface area contributed by atoms with Gasteiger partial charge in [0.05, 0.1) is 0 Å². The Morgan fingerprint density at radius 2 is 1.79 bits per heavy atom. The van der Waals surface area contributed by atoms with E-state index in [0.717, 1.165) is 30.1 Å². The van der Waals surface area contributed by atoms with E-state index in [9.17, 15) is 0 Å². The van der Waals surface area contributed by atoms with Crippen molar-refractivity contribution in [1.29, 1.82) is 0 Å². The van der Waals surface area contributed by atoms with Crippen LogP contribution in [0, 0.1) is 5.92 Å². The summed E-state index contributed by atoms with van der Waals surface area (Å²) in [6, 6.07) is 3.22. The number of hydrogen-bond donors (Lipinski definition) is 1. The second-order valence-electron chi connectivity index (χ2n) is 7.03. The van der Waals surface area contributed by atoms with Crippen LogP contribution in [0.25, 0.3) is 0 Å². The van der Waals surface area contributed by atoms with Crippen LogP contribution in [0.5, 0.6) is 0 Å². The lowest BCUT2D eigenvalue weighted by Gasteiger charge is -2.49. The first-order valence-electron chi connectivity index (χ1n) is 8.37. The second-order valence-corrected chi connectivity index (χ2v) is 7.03. The van der Waals surface area contributed by atoms with Gasteiger partial charge in [-0.1, -0.05) is 6.92 Å². The minimum atomic E-state index is 0.720. The molecule has 0 saturated carbocycles. The molecule has 110 valence electrons. The van der Waals surface area contributed by atoms with Crippen molar-refractivity contribution in [3.63, 3.8) is 0 Å². The van der Waals surface area contributed by atoms with Crippen molar-refractivity contribution in [1.82, 2.24) is 15.1 Å². The summed E-state index contributed by atoms with van der Waals surface area (Å²) < 4.78 is 0. The monoisotopic (exact) mass is 265 g/mol. The zero-order valence-corrected chi connectivity index (χ0v) is 12.9. The molecule has 0 aromatic heterocycles. The molecule has 5 unspecified atom stereocenters. The molecule has 0 aromatic carbocycles. The van der Waals surface area contributed by atoms with E-state index in [1.807, 2.05) is 0 Å². The number of nitrogens with zero attached hydrogens (tertiary/aromatic N) is 2. The predicted octanol–water partition coefficient (Wildman–Crippen LogP) is 1.93. The molecule has 0 amide bonds. The highest BCUT2D eigenvalue weighted by Gasteiger charge is 2.39. The average Bonchev–Trinajstić information content (AvgIpc) is 2.89. The Kier molecular flexibility index (Phi) is 4.16. The molecule has 19 heavy (non-hydrogen) atoms. The molecule has 3 rings (SSSR count). The van der Waals surface area contributed by atoms with Crippen LogP contribution >= 0.6 is 0 Å². The Morgan fingerprint density at radius 3 is 2.58 bits per heavy atom. The van der Waals surface area contributed by atoms with E-state index in [0.29, 0.717) is 0 Å². The van der Waals surface area contributed by atoms with Gasteiger partial charge in [-0.2, -0.15) is 0 Å². The van der Waals surface area contributed by atoms with Crippen molar-refractivity contribution >= 4 is 0 Å². The van der Waals surface area contributed by atoms with Gasteiger partial charge in [-0.05, 0) is 65.1 Å². The Morgan fingerprint density at radius 1 is 0.947 bits per heavy atom. The van der Waals surface area contributed by atoms with Crippen molar-refractivity contribution in [2.24, 2.45) is 5.92 Å². The normalized spacial score (nSPS) is 45.3. The van der Waals surface area contributed by atoms with E-state index in [1.54, 1.807) is 0 Å². The van der Waals surface area contributed by atoms with Gasteiger partial charge in [-0.15, -0.1) is 0 Å². The van der Waals surface area contributed by atoms with Crippen molar-refractivity contribution < 1.29 is 0 Å². The topological polar surface area (TPSA) is 18.5 Å². The van der Waals surface area contributed by atoms with Crippen molar-refractivity contribution in [2.45, 2.75) is 70.1 Å². The fraction of sp³-hybridized carbons (Fsp3) is 1.00. The van der Waals surface area contributed by atoms with Crippen LogP contribution in [-0.4, -0.2) is 60.6 Å². The number of rotatable bonds is 2. The molecule has 3 heterocycles. The predicted molar refractivity (Wildman–Crippen MR) is 80.4 cm³/mol. The third kappa shape index (κ3) is 2.57. The highest BCUT2D eigenvalue weighted by Crippen LogP contribution is 2.33. The summed E-state index contributed by atoms with van der Waals surface area (Å²) in [5, 5.41) is 3.51. The van der Waals surface area contributed by atoms with E-state index >= 15 is 0 Å². The zero-order chi connectivity index (χ0) is 13.4. The van der Waals surface area contributed by atoms with Crippen LogP contribution in [0.15, 0.2) is 0 Å². The summed E-state index contributed by atoms with van der Waals surface area (Å²) in [4.78, 5) is 5.58. The van der Waals surface area contributed by atoms with Crippen molar-refractivity contribution in [3.8, 4) is 0 Å². The van der Waals surface area contributed by atoms with Gasteiger partial charge in [-0.3, -0.25) is 4.90 Å². The molecule has 0 spiro atoms. The minimum Gasteiger partial charge on any atom is -0.317 e. The largest absolute Gasteiger partial charge is 0.317 e. The Bertz CT molecular complexity index is 306. The van der Waals surface area contributed by atoms with Gasteiger partial charge in [0.2, 0.25) is 0 Å².